The number of anilines is 1. The first-order valence-corrected chi connectivity index (χ1v) is 9.81. The predicted molar refractivity (Wildman–Crippen MR) is 110 cm³/mol. The van der Waals surface area contributed by atoms with Crippen molar-refractivity contribution >= 4 is 28.5 Å². The molecule has 0 radical (unpaired) electrons. The number of rotatable bonds is 5. The summed E-state index contributed by atoms with van der Waals surface area (Å²) in [6.07, 6.45) is 0.699. The van der Waals surface area contributed by atoms with Gasteiger partial charge in [-0.1, -0.05) is 19.1 Å². The number of carbonyl (C=O) groups excluding carboxylic acids is 2. The topological polar surface area (TPSA) is 67.2 Å². The number of aromatic nitrogens is 2. The van der Waals surface area contributed by atoms with E-state index in [-0.39, 0.29) is 24.2 Å². The molecule has 0 aliphatic carbocycles. The Morgan fingerprint density at radius 1 is 1.20 bits per heavy atom. The van der Waals surface area contributed by atoms with Gasteiger partial charge in [-0.2, -0.15) is 8.78 Å². The van der Waals surface area contributed by atoms with Crippen LogP contribution in [0.5, 0.6) is 0 Å². The summed E-state index contributed by atoms with van der Waals surface area (Å²) in [7, 11) is 0. The van der Waals surface area contributed by atoms with Crippen LogP contribution in [-0.2, 0) is 11.2 Å². The third-order valence-corrected chi connectivity index (χ3v) is 5.45. The van der Waals surface area contributed by atoms with E-state index in [2.05, 4.69) is 10.3 Å². The summed E-state index contributed by atoms with van der Waals surface area (Å²) in [5.41, 5.74) is 3.13. The van der Waals surface area contributed by atoms with Crippen LogP contribution in [0.3, 0.4) is 0 Å². The van der Waals surface area contributed by atoms with Crippen molar-refractivity contribution in [2.24, 2.45) is 0 Å². The van der Waals surface area contributed by atoms with Crippen molar-refractivity contribution in [3.8, 4) is 0 Å². The molecule has 4 rings (SSSR count). The zero-order valence-corrected chi connectivity index (χ0v) is 16.7. The summed E-state index contributed by atoms with van der Waals surface area (Å²) in [6, 6.07) is 12.0. The number of hydrogen-bond acceptors (Lipinski definition) is 3. The summed E-state index contributed by atoms with van der Waals surface area (Å²) in [4.78, 5) is 30.3. The van der Waals surface area contributed by atoms with Gasteiger partial charge in [-0.05, 0) is 42.3 Å². The van der Waals surface area contributed by atoms with Gasteiger partial charge in [0.05, 0.1) is 11.0 Å². The highest BCUT2D eigenvalue weighted by atomic mass is 19.3. The summed E-state index contributed by atoms with van der Waals surface area (Å²) in [5.74, 6) is -0.483. The maximum Gasteiger partial charge on any atom is 0.320 e. The van der Waals surface area contributed by atoms with Crippen molar-refractivity contribution < 1.29 is 18.4 Å². The Labute approximate surface area is 172 Å². The fourth-order valence-electron chi connectivity index (χ4n) is 3.93. The number of para-hydroxylation sites is 2. The number of nitrogens with zero attached hydrogens (tertiary/aromatic N) is 3. The number of imidazole rings is 1. The van der Waals surface area contributed by atoms with Gasteiger partial charge < -0.3 is 10.2 Å². The zero-order chi connectivity index (χ0) is 21.4. The first kappa shape index (κ1) is 20.0. The van der Waals surface area contributed by atoms with Crippen molar-refractivity contribution in [1.82, 2.24) is 14.9 Å². The van der Waals surface area contributed by atoms with E-state index in [1.807, 2.05) is 0 Å². The van der Waals surface area contributed by atoms with E-state index in [1.165, 1.54) is 6.92 Å². The van der Waals surface area contributed by atoms with Crippen molar-refractivity contribution in [2.45, 2.75) is 32.7 Å². The monoisotopic (exact) mass is 412 g/mol. The second-order valence-corrected chi connectivity index (χ2v) is 7.48. The molecule has 2 aromatic carbocycles. The molecule has 1 unspecified atom stereocenters. The number of nitrogens with one attached hydrogen (secondary N) is 1. The minimum atomic E-state index is -2.72. The van der Waals surface area contributed by atoms with Gasteiger partial charge in [0.2, 0.25) is 5.91 Å². The van der Waals surface area contributed by atoms with E-state index in [1.54, 1.807) is 54.3 Å². The fourth-order valence-corrected chi connectivity index (χ4v) is 3.93. The number of amides is 2. The Hall–Kier alpha value is -3.29. The lowest BCUT2D eigenvalue weighted by atomic mass is 10.1. The van der Waals surface area contributed by atoms with Crippen LogP contribution in [0.1, 0.15) is 48.1 Å². The first-order chi connectivity index (χ1) is 14.4. The molecule has 1 aliphatic heterocycles. The molecule has 2 amide bonds. The second kappa shape index (κ2) is 7.85. The van der Waals surface area contributed by atoms with Crippen LogP contribution in [0.25, 0.3) is 11.0 Å². The summed E-state index contributed by atoms with van der Waals surface area (Å²) in [6.45, 7) is 1.34. The van der Waals surface area contributed by atoms with Crippen molar-refractivity contribution in [3.05, 3.63) is 59.4 Å². The van der Waals surface area contributed by atoms with Crippen LogP contribution in [0.2, 0.25) is 0 Å². The number of halogens is 2. The van der Waals surface area contributed by atoms with Crippen LogP contribution >= 0.6 is 0 Å². The van der Waals surface area contributed by atoms with E-state index in [0.29, 0.717) is 29.6 Å². The van der Waals surface area contributed by atoms with E-state index in [0.717, 1.165) is 15.8 Å². The molecule has 0 bridgehead atoms. The Bertz CT molecular complexity index is 1130. The molecule has 1 aromatic heterocycles. The molecule has 30 heavy (non-hydrogen) atoms. The minimum Gasteiger partial charge on any atom is -0.351 e. The Morgan fingerprint density at radius 2 is 1.97 bits per heavy atom. The lowest BCUT2D eigenvalue weighted by Crippen LogP contribution is -2.29. The maximum atomic E-state index is 13.6. The van der Waals surface area contributed by atoms with Crippen LogP contribution in [0.4, 0.5) is 14.5 Å². The van der Waals surface area contributed by atoms with Gasteiger partial charge in [0.25, 0.3) is 5.91 Å². The van der Waals surface area contributed by atoms with Crippen molar-refractivity contribution in [2.75, 3.05) is 18.0 Å². The molecular formula is C22H22F2N4O2. The van der Waals surface area contributed by atoms with Gasteiger partial charge in [0.1, 0.15) is 5.82 Å². The number of benzene rings is 2. The number of hydrogen-bond donors (Lipinski definition) is 1. The van der Waals surface area contributed by atoms with Crippen LogP contribution < -0.4 is 10.2 Å². The Balaban J connectivity index is 1.49. The van der Waals surface area contributed by atoms with Gasteiger partial charge >= 0.3 is 6.55 Å². The fraction of sp³-hybridized carbons (Fsp3) is 0.318. The molecule has 156 valence electrons. The summed E-state index contributed by atoms with van der Waals surface area (Å²) >= 11 is 0. The molecule has 1 aliphatic rings. The maximum absolute atomic E-state index is 13.6. The molecule has 2 heterocycles. The largest absolute Gasteiger partial charge is 0.351 e. The van der Waals surface area contributed by atoms with E-state index in [9.17, 15) is 18.4 Å². The molecule has 0 saturated carbocycles. The van der Waals surface area contributed by atoms with Crippen LogP contribution in [0, 0.1) is 0 Å². The molecule has 3 aromatic rings. The standard InChI is InChI=1S/C22H22F2N4O2/c1-13(20-26-17-5-3-4-6-19(17)28(20)22(23)24)12-25-21(30)16-7-8-18-15(11-16)9-10-27(18)14(2)29/h3-8,11,13,22H,9-10,12H2,1-2H3,(H,25,30). The van der Waals surface area contributed by atoms with Gasteiger partial charge in [0.15, 0.2) is 0 Å². The smallest absolute Gasteiger partial charge is 0.320 e. The average molecular weight is 412 g/mol. The number of alkyl halides is 2. The Kier molecular flexibility index (Phi) is 5.24. The van der Waals surface area contributed by atoms with Gasteiger partial charge in [-0.15, -0.1) is 0 Å². The highest BCUT2D eigenvalue weighted by molar-refractivity contribution is 5.97. The van der Waals surface area contributed by atoms with Crippen molar-refractivity contribution in [1.29, 1.82) is 0 Å². The SMILES string of the molecule is CC(=O)N1CCc2cc(C(=O)NCC(C)c3nc4ccccc4n3C(F)F)ccc21. The molecule has 0 fully saturated rings. The predicted octanol–water partition coefficient (Wildman–Crippen LogP) is 3.87. The number of fused-ring (bicyclic) bond motifs is 2. The van der Waals surface area contributed by atoms with Gasteiger partial charge in [-0.3, -0.25) is 14.2 Å². The highest BCUT2D eigenvalue weighted by Gasteiger charge is 2.24. The molecule has 8 heteroatoms. The normalized spacial score (nSPS) is 14.2. The lowest BCUT2D eigenvalue weighted by molar-refractivity contribution is -0.116. The number of carbonyl (C=O) groups is 2. The van der Waals surface area contributed by atoms with Crippen LogP contribution in [0.15, 0.2) is 42.5 Å². The Morgan fingerprint density at radius 3 is 2.70 bits per heavy atom. The van der Waals surface area contributed by atoms with Crippen LogP contribution in [-0.4, -0.2) is 34.5 Å². The quantitative estimate of drug-likeness (QED) is 0.692. The lowest BCUT2D eigenvalue weighted by Gasteiger charge is -2.16. The molecular weight excluding hydrogens is 390 g/mol. The second-order valence-electron chi connectivity index (χ2n) is 7.48. The van der Waals surface area contributed by atoms with E-state index in [4.69, 9.17) is 0 Å². The van der Waals surface area contributed by atoms with Gasteiger partial charge in [0, 0.05) is 37.2 Å². The first-order valence-electron chi connectivity index (χ1n) is 9.81. The molecule has 0 spiro atoms. The summed E-state index contributed by atoms with van der Waals surface area (Å²) in [5, 5.41) is 2.82. The van der Waals surface area contributed by atoms with Crippen molar-refractivity contribution in [3.63, 3.8) is 0 Å². The average Bonchev–Trinajstić information content (AvgIpc) is 3.32. The molecule has 1 atom stereocenters. The minimum absolute atomic E-state index is 0.0262. The molecule has 0 saturated heterocycles. The highest BCUT2D eigenvalue weighted by Crippen LogP contribution is 2.29. The molecule has 6 nitrogen and oxygen atoms in total. The third kappa shape index (κ3) is 3.53. The van der Waals surface area contributed by atoms with E-state index >= 15 is 0 Å². The third-order valence-electron chi connectivity index (χ3n) is 5.45. The molecule has 1 N–H and O–H groups in total. The van der Waals surface area contributed by atoms with E-state index < -0.39 is 12.5 Å². The summed E-state index contributed by atoms with van der Waals surface area (Å²) < 4.78 is 28.2. The zero-order valence-electron chi connectivity index (χ0n) is 16.7. The van der Waals surface area contributed by atoms with Gasteiger partial charge in [-0.25, -0.2) is 4.98 Å².